The molecule has 3 atom stereocenters. The molecule has 10 nitrogen and oxygen atoms in total. The number of amides is 3. The minimum absolute atomic E-state index is 0.0662. The number of likely N-dealkylation sites (tertiary alicyclic amines) is 1. The minimum atomic E-state index is -0.953. The molecule has 1 aromatic carbocycles. The van der Waals surface area contributed by atoms with Crippen molar-refractivity contribution in [3.8, 4) is 5.88 Å². The Bertz CT molecular complexity index is 988. The number of aliphatic hydroxyl groups is 1. The monoisotopic (exact) mass is 498 g/mol. The van der Waals surface area contributed by atoms with Crippen LogP contribution in [-0.4, -0.2) is 70.8 Å². The summed E-state index contributed by atoms with van der Waals surface area (Å²) in [4.78, 5) is 43.3. The molecule has 2 aromatic rings. The molecule has 1 aromatic heterocycles. The molecule has 0 saturated carbocycles. The summed E-state index contributed by atoms with van der Waals surface area (Å²) in [6.45, 7) is 4.22. The van der Waals surface area contributed by atoms with Crippen molar-refractivity contribution in [3.63, 3.8) is 0 Å². The van der Waals surface area contributed by atoms with Crippen LogP contribution in [0.25, 0.3) is 0 Å². The summed E-state index contributed by atoms with van der Waals surface area (Å²) in [7, 11) is 0. The van der Waals surface area contributed by atoms with Crippen LogP contribution in [0.1, 0.15) is 32.3 Å². The van der Waals surface area contributed by atoms with Crippen LogP contribution in [0.3, 0.4) is 0 Å². The number of piperidine rings is 1. The number of ether oxygens (including phenoxy) is 2. The average Bonchev–Trinajstić information content (AvgIpc) is 2.87. The Morgan fingerprint density at radius 1 is 1.14 bits per heavy atom. The first-order valence-corrected chi connectivity index (χ1v) is 12.1. The number of nitrogens with one attached hydrogen (secondary N) is 2. The third-order valence-corrected chi connectivity index (χ3v) is 5.77. The molecule has 1 saturated heterocycles. The van der Waals surface area contributed by atoms with Crippen molar-refractivity contribution < 1.29 is 29.0 Å². The van der Waals surface area contributed by atoms with Crippen LogP contribution in [0.5, 0.6) is 5.88 Å². The largest absolute Gasteiger partial charge is 0.468 e. The van der Waals surface area contributed by atoms with Crippen molar-refractivity contribution in [2.45, 2.75) is 51.5 Å². The molecule has 2 unspecified atom stereocenters. The maximum absolute atomic E-state index is 13.0. The molecular weight excluding hydrogens is 464 g/mol. The summed E-state index contributed by atoms with van der Waals surface area (Å²) in [5.41, 5.74) is 0.840. The molecule has 10 heteroatoms. The normalized spacial score (nSPS) is 18.3. The molecule has 36 heavy (non-hydrogen) atoms. The number of carbonyl (C=O) groups is 3. The maximum Gasteiger partial charge on any atom is 0.408 e. The van der Waals surface area contributed by atoms with Crippen LogP contribution in [0.15, 0.2) is 54.7 Å². The Hall–Kier alpha value is -3.66. The van der Waals surface area contributed by atoms with Crippen molar-refractivity contribution in [1.82, 2.24) is 20.5 Å². The van der Waals surface area contributed by atoms with Gasteiger partial charge < -0.3 is 30.1 Å². The van der Waals surface area contributed by atoms with Crippen molar-refractivity contribution in [2.75, 3.05) is 19.7 Å². The van der Waals surface area contributed by atoms with Gasteiger partial charge in [-0.2, -0.15) is 0 Å². The number of hydrogen-bond acceptors (Lipinski definition) is 7. The predicted molar refractivity (Wildman–Crippen MR) is 132 cm³/mol. The number of aromatic nitrogens is 1. The van der Waals surface area contributed by atoms with E-state index in [9.17, 15) is 19.5 Å². The van der Waals surface area contributed by atoms with Gasteiger partial charge in [0.05, 0.1) is 12.1 Å². The summed E-state index contributed by atoms with van der Waals surface area (Å²) in [6, 6.07) is 13.1. The second kappa shape index (κ2) is 13.4. The molecule has 0 spiro atoms. The highest BCUT2D eigenvalue weighted by Crippen LogP contribution is 2.14. The molecule has 3 amide bonds. The van der Waals surface area contributed by atoms with Crippen molar-refractivity contribution in [3.05, 3.63) is 60.3 Å². The molecule has 1 aliphatic heterocycles. The minimum Gasteiger partial charge on any atom is -0.468 e. The first kappa shape index (κ1) is 26.9. The maximum atomic E-state index is 13.0. The van der Waals surface area contributed by atoms with Gasteiger partial charge in [0, 0.05) is 25.4 Å². The zero-order chi connectivity index (χ0) is 25.9. The van der Waals surface area contributed by atoms with Gasteiger partial charge in [0.2, 0.25) is 11.8 Å². The Morgan fingerprint density at radius 2 is 1.89 bits per heavy atom. The topological polar surface area (TPSA) is 130 Å². The van der Waals surface area contributed by atoms with Gasteiger partial charge in [-0.1, -0.05) is 50.2 Å². The van der Waals surface area contributed by atoms with E-state index in [-0.39, 0.29) is 31.6 Å². The van der Waals surface area contributed by atoms with Gasteiger partial charge in [0.1, 0.15) is 12.6 Å². The molecule has 3 N–H and O–H groups in total. The zero-order valence-corrected chi connectivity index (χ0v) is 20.6. The van der Waals surface area contributed by atoms with E-state index < -0.39 is 30.2 Å². The van der Waals surface area contributed by atoms with E-state index in [0.717, 1.165) is 5.56 Å². The predicted octanol–water partition coefficient (Wildman–Crippen LogP) is 1.88. The second-order valence-electron chi connectivity index (χ2n) is 9.16. The molecule has 0 bridgehead atoms. The van der Waals surface area contributed by atoms with E-state index in [0.29, 0.717) is 25.3 Å². The summed E-state index contributed by atoms with van der Waals surface area (Å²) in [5, 5.41) is 16.1. The molecular formula is C26H34N4O6. The lowest BCUT2D eigenvalue weighted by molar-refractivity contribution is -0.137. The van der Waals surface area contributed by atoms with E-state index in [2.05, 4.69) is 15.6 Å². The van der Waals surface area contributed by atoms with E-state index in [1.807, 2.05) is 44.2 Å². The van der Waals surface area contributed by atoms with Gasteiger partial charge in [0.25, 0.3) is 5.91 Å². The van der Waals surface area contributed by atoms with Crippen molar-refractivity contribution in [1.29, 1.82) is 0 Å². The molecule has 3 rings (SSSR count). The van der Waals surface area contributed by atoms with Gasteiger partial charge in [0.15, 0.2) is 6.61 Å². The summed E-state index contributed by atoms with van der Waals surface area (Å²) in [5.74, 6) is -0.189. The van der Waals surface area contributed by atoms with Crippen LogP contribution in [0.2, 0.25) is 0 Å². The SMILES string of the molecule is CC(C)C[C@H](NC(=O)OCc1ccccc1)C(=O)NC1CCN(C(=O)COc2ccccn2)CC1O. The number of β-amino-alcohol motifs (C(OH)–C–C–N with tert-alkyl or cyclic N) is 1. The number of aliphatic hydroxyl groups excluding tert-OH is 1. The van der Waals surface area contributed by atoms with E-state index in [1.165, 1.54) is 4.90 Å². The number of pyridine rings is 1. The van der Waals surface area contributed by atoms with E-state index in [4.69, 9.17) is 9.47 Å². The number of nitrogens with zero attached hydrogens (tertiary/aromatic N) is 2. The van der Waals surface area contributed by atoms with Crippen LogP contribution in [0.4, 0.5) is 4.79 Å². The molecule has 2 heterocycles. The molecule has 0 aliphatic carbocycles. The first-order valence-electron chi connectivity index (χ1n) is 12.1. The van der Waals surface area contributed by atoms with Gasteiger partial charge in [-0.3, -0.25) is 9.59 Å². The standard InChI is InChI=1S/C26H34N4O6/c1-18(2)14-21(29-26(34)36-16-19-8-4-3-5-9-19)25(33)28-20-11-13-30(15-22(20)31)24(32)17-35-23-10-6-7-12-27-23/h3-10,12,18,20-22,31H,11,13-17H2,1-2H3,(H,28,33)(H,29,34)/t20?,21-,22?/m0/s1. The second-order valence-corrected chi connectivity index (χ2v) is 9.16. The third kappa shape index (κ3) is 8.53. The number of rotatable bonds is 10. The van der Waals surface area contributed by atoms with Gasteiger partial charge >= 0.3 is 6.09 Å². The lowest BCUT2D eigenvalue weighted by Gasteiger charge is -2.36. The highest BCUT2D eigenvalue weighted by atomic mass is 16.5. The summed E-state index contributed by atoms with van der Waals surface area (Å²) < 4.78 is 10.7. The zero-order valence-electron chi connectivity index (χ0n) is 20.6. The Labute approximate surface area is 211 Å². The van der Waals surface area contributed by atoms with E-state index >= 15 is 0 Å². The van der Waals surface area contributed by atoms with Crippen LogP contribution in [0, 0.1) is 5.92 Å². The van der Waals surface area contributed by atoms with Crippen LogP contribution in [-0.2, 0) is 20.9 Å². The third-order valence-electron chi connectivity index (χ3n) is 5.77. The summed E-state index contributed by atoms with van der Waals surface area (Å²) >= 11 is 0. The van der Waals surface area contributed by atoms with Gasteiger partial charge in [-0.15, -0.1) is 0 Å². The lowest BCUT2D eigenvalue weighted by atomic mass is 9.99. The molecule has 1 aliphatic rings. The van der Waals surface area contributed by atoms with Crippen molar-refractivity contribution in [2.24, 2.45) is 5.92 Å². The molecule has 1 fully saturated rings. The smallest absolute Gasteiger partial charge is 0.408 e. The fourth-order valence-electron chi connectivity index (χ4n) is 3.88. The molecule has 0 radical (unpaired) electrons. The Balaban J connectivity index is 1.47. The quantitative estimate of drug-likeness (QED) is 0.456. The van der Waals surface area contributed by atoms with E-state index in [1.54, 1.807) is 24.4 Å². The number of benzene rings is 1. The van der Waals surface area contributed by atoms with Crippen LogP contribution >= 0.6 is 0 Å². The first-order chi connectivity index (χ1) is 17.3. The number of hydrogen-bond donors (Lipinski definition) is 3. The highest BCUT2D eigenvalue weighted by Gasteiger charge is 2.33. The lowest BCUT2D eigenvalue weighted by Crippen LogP contribution is -2.59. The fourth-order valence-corrected chi connectivity index (χ4v) is 3.88. The average molecular weight is 499 g/mol. The Kier molecular flexibility index (Phi) is 10.1. The highest BCUT2D eigenvalue weighted by molar-refractivity contribution is 5.86. The van der Waals surface area contributed by atoms with Gasteiger partial charge in [-0.25, -0.2) is 9.78 Å². The number of alkyl carbamates (subject to hydrolysis) is 1. The Morgan fingerprint density at radius 3 is 2.56 bits per heavy atom. The van der Waals surface area contributed by atoms with Crippen molar-refractivity contribution >= 4 is 17.9 Å². The fraction of sp³-hybridized carbons (Fsp3) is 0.462. The number of carbonyl (C=O) groups excluding carboxylic acids is 3. The van der Waals surface area contributed by atoms with Crippen LogP contribution < -0.4 is 15.4 Å². The van der Waals surface area contributed by atoms with Gasteiger partial charge in [-0.05, 0) is 30.4 Å². The molecule has 194 valence electrons. The summed E-state index contributed by atoms with van der Waals surface area (Å²) in [6.07, 6.45) is 0.710.